The molecule has 0 radical (unpaired) electrons. The quantitative estimate of drug-likeness (QED) is 0.464. The second-order valence-electron chi connectivity index (χ2n) is 7.45. The van der Waals surface area contributed by atoms with Gasteiger partial charge in [-0.15, -0.1) is 0 Å². The van der Waals surface area contributed by atoms with Gasteiger partial charge in [-0.05, 0) is 67.9 Å². The number of carbonyl (C=O) groups is 3. The van der Waals surface area contributed by atoms with Gasteiger partial charge in [-0.3, -0.25) is 14.4 Å². The molecule has 0 aliphatic rings. The first-order valence-corrected chi connectivity index (χ1v) is 10.6. The lowest BCUT2D eigenvalue weighted by molar-refractivity contribution is -0.152. The number of para-hydroxylation sites is 1. The van der Waals surface area contributed by atoms with Crippen LogP contribution in [0, 0.1) is 6.92 Å². The SMILES string of the molecule is COc1ccc(C)cc1NC(=O)C(C)OC(=O)CNC(=O)c1ccc(Oc2ccccc2)cc1. The Morgan fingerprint density at radius 1 is 0.912 bits per heavy atom. The molecule has 0 aliphatic heterocycles. The van der Waals surface area contributed by atoms with E-state index in [1.165, 1.54) is 14.0 Å². The Hall–Kier alpha value is -4.33. The lowest BCUT2D eigenvalue weighted by Crippen LogP contribution is -2.35. The van der Waals surface area contributed by atoms with E-state index < -0.39 is 23.9 Å². The highest BCUT2D eigenvalue weighted by molar-refractivity contribution is 5.98. The molecule has 0 bridgehead atoms. The molecule has 2 amide bonds. The highest BCUT2D eigenvalue weighted by Crippen LogP contribution is 2.25. The first-order chi connectivity index (χ1) is 16.4. The molecule has 3 aromatic rings. The number of amides is 2. The van der Waals surface area contributed by atoms with Crippen molar-refractivity contribution in [2.75, 3.05) is 19.0 Å². The molecule has 0 saturated heterocycles. The summed E-state index contributed by atoms with van der Waals surface area (Å²) < 4.78 is 16.1. The molecule has 1 unspecified atom stereocenters. The Morgan fingerprint density at radius 3 is 2.26 bits per heavy atom. The molecule has 176 valence electrons. The maximum Gasteiger partial charge on any atom is 0.326 e. The van der Waals surface area contributed by atoms with E-state index in [0.717, 1.165) is 5.56 Å². The summed E-state index contributed by atoms with van der Waals surface area (Å²) >= 11 is 0. The maximum absolute atomic E-state index is 12.4. The molecular formula is C26H26N2O6. The molecule has 3 aromatic carbocycles. The maximum atomic E-state index is 12.4. The zero-order chi connectivity index (χ0) is 24.5. The van der Waals surface area contributed by atoms with Gasteiger partial charge < -0.3 is 24.8 Å². The molecular weight excluding hydrogens is 436 g/mol. The molecule has 1 atom stereocenters. The van der Waals surface area contributed by atoms with Crippen LogP contribution in [0.5, 0.6) is 17.2 Å². The molecule has 0 saturated carbocycles. The van der Waals surface area contributed by atoms with Crippen molar-refractivity contribution in [1.82, 2.24) is 5.32 Å². The zero-order valence-electron chi connectivity index (χ0n) is 19.2. The fourth-order valence-corrected chi connectivity index (χ4v) is 3.00. The van der Waals surface area contributed by atoms with E-state index in [1.54, 1.807) is 36.4 Å². The van der Waals surface area contributed by atoms with Crippen LogP contribution in [-0.4, -0.2) is 37.5 Å². The normalized spacial score (nSPS) is 11.1. The standard InChI is InChI=1S/C26H26N2O6/c1-17-9-14-23(32-3)22(15-17)28-25(30)18(2)33-24(29)16-27-26(31)19-10-12-21(13-11-19)34-20-7-5-4-6-8-20/h4-15,18H,16H2,1-3H3,(H,27,31)(H,28,30). The fraction of sp³-hybridized carbons (Fsp3) is 0.192. The molecule has 3 rings (SSSR count). The zero-order valence-corrected chi connectivity index (χ0v) is 19.2. The number of methoxy groups -OCH3 is 1. The highest BCUT2D eigenvalue weighted by atomic mass is 16.5. The van der Waals surface area contributed by atoms with Crippen molar-refractivity contribution in [2.45, 2.75) is 20.0 Å². The fourth-order valence-electron chi connectivity index (χ4n) is 3.00. The van der Waals surface area contributed by atoms with Gasteiger partial charge in [0.1, 0.15) is 23.8 Å². The summed E-state index contributed by atoms with van der Waals surface area (Å²) in [5.74, 6) is 0.0391. The number of benzene rings is 3. The number of hydrogen-bond acceptors (Lipinski definition) is 6. The smallest absolute Gasteiger partial charge is 0.326 e. The van der Waals surface area contributed by atoms with Crippen molar-refractivity contribution in [3.05, 3.63) is 83.9 Å². The third kappa shape index (κ3) is 6.83. The van der Waals surface area contributed by atoms with E-state index in [1.807, 2.05) is 43.3 Å². The van der Waals surface area contributed by atoms with Gasteiger partial charge in [-0.1, -0.05) is 24.3 Å². The van der Waals surface area contributed by atoms with Gasteiger partial charge in [0.15, 0.2) is 6.10 Å². The lowest BCUT2D eigenvalue weighted by atomic mass is 10.2. The number of aryl methyl sites for hydroxylation is 1. The predicted octanol–water partition coefficient (Wildman–Crippen LogP) is 4.10. The number of rotatable bonds is 9. The molecule has 8 heteroatoms. The van der Waals surface area contributed by atoms with Crippen LogP contribution in [0.2, 0.25) is 0 Å². The molecule has 2 N–H and O–H groups in total. The van der Waals surface area contributed by atoms with E-state index in [0.29, 0.717) is 28.5 Å². The number of hydrogen-bond donors (Lipinski definition) is 2. The second kappa shape index (κ2) is 11.5. The average molecular weight is 463 g/mol. The summed E-state index contributed by atoms with van der Waals surface area (Å²) in [4.78, 5) is 36.9. The van der Waals surface area contributed by atoms with Gasteiger partial charge in [0, 0.05) is 5.56 Å². The van der Waals surface area contributed by atoms with Crippen LogP contribution in [-0.2, 0) is 14.3 Å². The summed E-state index contributed by atoms with van der Waals surface area (Å²) in [5, 5.41) is 5.16. The van der Waals surface area contributed by atoms with Crippen LogP contribution in [0.1, 0.15) is 22.8 Å². The van der Waals surface area contributed by atoms with Crippen LogP contribution in [0.4, 0.5) is 5.69 Å². The molecule has 0 aliphatic carbocycles. The van der Waals surface area contributed by atoms with Crippen LogP contribution < -0.4 is 20.1 Å². The van der Waals surface area contributed by atoms with Crippen molar-refractivity contribution >= 4 is 23.5 Å². The summed E-state index contributed by atoms with van der Waals surface area (Å²) in [6.07, 6.45) is -1.07. The minimum Gasteiger partial charge on any atom is -0.495 e. The van der Waals surface area contributed by atoms with Crippen LogP contribution >= 0.6 is 0 Å². The van der Waals surface area contributed by atoms with Gasteiger partial charge in [0.25, 0.3) is 11.8 Å². The minimum absolute atomic E-state index is 0.352. The van der Waals surface area contributed by atoms with Crippen molar-refractivity contribution in [2.24, 2.45) is 0 Å². The number of esters is 1. The lowest BCUT2D eigenvalue weighted by Gasteiger charge is -2.16. The molecule has 8 nitrogen and oxygen atoms in total. The molecule has 0 aromatic heterocycles. The van der Waals surface area contributed by atoms with E-state index in [-0.39, 0.29) is 6.54 Å². The monoisotopic (exact) mass is 462 g/mol. The number of anilines is 1. The first-order valence-electron chi connectivity index (χ1n) is 10.6. The Balaban J connectivity index is 1.47. The van der Waals surface area contributed by atoms with Gasteiger partial charge >= 0.3 is 5.97 Å². The van der Waals surface area contributed by atoms with E-state index in [4.69, 9.17) is 14.2 Å². The van der Waals surface area contributed by atoms with Gasteiger partial charge in [0.2, 0.25) is 0 Å². The summed E-state index contributed by atoms with van der Waals surface area (Å²) in [6, 6.07) is 21.1. The van der Waals surface area contributed by atoms with Crippen LogP contribution in [0.25, 0.3) is 0 Å². The van der Waals surface area contributed by atoms with Crippen LogP contribution in [0.3, 0.4) is 0 Å². The summed E-state index contributed by atoms with van der Waals surface area (Å²) in [7, 11) is 1.50. The van der Waals surface area contributed by atoms with Gasteiger partial charge in [0.05, 0.1) is 12.8 Å². The number of carbonyl (C=O) groups excluding carboxylic acids is 3. The summed E-state index contributed by atoms with van der Waals surface area (Å²) in [6.45, 7) is 2.94. The van der Waals surface area contributed by atoms with Crippen molar-refractivity contribution in [3.8, 4) is 17.2 Å². The molecule has 0 heterocycles. The Labute approximate surface area is 197 Å². The third-order valence-corrected chi connectivity index (χ3v) is 4.78. The van der Waals surface area contributed by atoms with Crippen molar-refractivity contribution in [3.63, 3.8) is 0 Å². The second-order valence-corrected chi connectivity index (χ2v) is 7.45. The molecule has 0 fully saturated rings. The highest BCUT2D eigenvalue weighted by Gasteiger charge is 2.20. The van der Waals surface area contributed by atoms with Crippen molar-refractivity contribution in [1.29, 1.82) is 0 Å². The Bertz CT molecular complexity index is 1150. The van der Waals surface area contributed by atoms with Crippen molar-refractivity contribution < 1.29 is 28.6 Å². The first kappa shape index (κ1) is 24.3. The van der Waals surface area contributed by atoms with Gasteiger partial charge in [-0.2, -0.15) is 0 Å². The predicted molar refractivity (Wildman–Crippen MR) is 127 cm³/mol. The number of ether oxygens (including phenoxy) is 3. The Kier molecular flexibility index (Phi) is 8.23. The number of nitrogens with one attached hydrogen (secondary N) is 2. The largest absolute Gasteiger partial charge is 0.495 e. The molecule has 34 heavy (non-hydrogen) atoms. The minimum atomic E-state index is -1.07. The third-order valence-electron chi connectivity index (χ3n) is 4.78. The average Bonchev–Trinajstić information content (AvgIpc) is 2.83. The topological polar surface area (TPSA) is 103 Å². The Morgan fingerprint density at radius 2 is 1.59 bits per heavy atom. The van der Waals surface area contributed by atoms with Crippen LogP contribution in [0.15, 0.2) is 72.8 Å². The van der Waals surface area contributed by atoms with E-state index >= 15 is 0 Å². The van der Waals surface area contributed by atoms with Gasteiger partial charge in [-0.25, -0.2) is 0 Å². The molecule has 0 spiro atoms. The summed E-state index contributed by atoms with van der Waals surface area (Å²) in [5.41, 5.74) is 1.76. The van der Waals surface area contributed by atoms with E-state index in [9.17, 15) is 14.4 Å². The van der Waals surface area contributed by atoms with E-state index in [2.05, 4.69) is 10.6 Å².